The van der Waals surface area contributed by atoms with Crippen LogP contribution in [0.4, 0.5) is 4.79 Å². The Morgan fingerprint density at radius 3 is 2.65 bits per heavy atom. The van der Waals surface area contributed by atoms with Gasteiger partial charge in [-0.1, -0.05) is 0 Å². The Labute approximate surface area is 104 Å². The normalized spacial score (nSPS) is 25.1. The molecule has 4 nitrogen and oxygen atoms in total. The zero-order valence-corrected chi connectivity index (χ0v) is 11.2. The van der Waals surface area contributed by atoms with Crippen molar-refractivity contribution in [2.24, 2.45) is 0 Å². The Morgan fingerprint density at radius 1 is 1.35 bits per heavy atom. The van der Waals surface area contributed by atoms with Crippen molar-refractivity contribution in [3.05, 3.63) is 0 Å². The lowest BCUT2D eigenvalue weighted by Gasteiger charge is -2.28. The average Bonchev–Trinajstić information content (AvgIpc) is 2.90. The first-order valence-corrected chi connectivity index (χ1v) is 6.69. The fourth-order valence-electron chi connectivity index (χ4n) is 2.20. The number of carbonyl (C=O) groups excluding carboxylic acids is 1. The van der Waals surface area contributed by atoms with Gasteiger partial charge in [0.25, 0.3) is 0 Å². The van der Waals surface area contributed by atoms with Crippen LogP contribution in [0.1, 0.15) is 46.5 Å². The SMILES string of the molecule is CC(C)(C)OC(=O)N1CCC[C@H]1CNC1CC1. The second-order valence-corrected chi connectivity index (χ2v) is 6.15. The molecule has 98 valence electrons. The summed E-state index contributed by atoms with van der Waals surface area (Å²) in [6.45, 7) is 7.51. The molecule has 1 N–H and O–H groups in total. The first-order valence-electron chi connectivity index (χ1n) is 6.69. The van der Waals surface area contributed by atoms with Crippen LogP contribution in [0.25, 0.3) is 0 Å². The van der Waals surface area contributed by atoms with Crippen molar-refractivity contribution < 1.29 is 9.53 Å². The molecule has 2 aliphatic rings. The van der Waals surface area contributed by atoms with E-state index in [9.17, 15) is 4.79 Å². The smallest absolute Gasteiger partial charge is 0.410 e. The van der Waals surface area contributed by atoms with E-state index in [-0.39, 0.29) is 6.09 Å². The second-order valence-electron chi connectivity index (χ2n) is 6.15. The summed E-state index contributed by atoms with van der Waals surface area (Å²) in [5.41, 5.74) is -0.395. The molecule has 4 heteroatoms. The topological polar surface area (TPSA) is 41.6 Å². The van der Waals surface area contributed by atoms with Crippen molar-refractivity contribution >= 4 is 6.09 Å². The van der Waals surface area contributed by atoms with Crippen LogP contribution >= 0.6 is 0 Å². The van der Waals surface area contributed by atoms with Crippen LogP contribution in [0.15, 0.2) is 0 Å². The molecule has 0 aromatic rings. The maximum absolute atomic E-state index is 12.0. The van der Waals surface area contributed by atoms with Gasteiger partial charge in [-0.05, 0) is 46.5 Å². The molecule has 1 saturated carbocycles. The van der Waals surface area contributed by atoms with E-state index in [4.69, 9.17) is 4.74 Å². The van der Waals surface area contributed by atoms with E-state index in [1.165, 1.54) is 12.8 Å². The van der Waals surface area contributed by atoms with Crippen LogP contribution in [0.5, 0.6) is 0 Å². The summed E-state index contributed by atoms with van der Waals surface area (Å²) < 4.78 is 5.43. The van der Waals surface area contributed by atoms with Gasteiger partial charge in [0.15, 0.2) is 0 Å². The number of hydrogen-bond donors (Lipinski definition) is 1. The standard InChI is InChI=1S/C13H24N2O2/c1-13(2,3)17-12(16)15-8-4-5-11(15)9-14-10-6-7-10/h10-11,14H,4-9H2,1-3H3/t11-/m0/s1. The van der Waals surface area contributed by atoms with E-state index in [2.05, 4.69) is 5.32 Å². The summed E-state index contributed by atoms with van der Waals surface area (Å²) in [6.07, 6.45) is 4.62. The highest BCUT2D eigenvalue weighted by molar-refractivity contribution is 5.69. The summed E-state index contributed by atoms with van der Waals surface area (Å²) in [7, 11) is 0. The van der Waals surface area contributed by atoms with E-state index in [0.29, 0.717) is 12.1 Å². The van der Waals surface area contributed by atoms with Crippen LogP contribution in [-0.4, -0.2) is 41.8 Å². The third kappa shape index (κ3) is 3.87. The highest BCUT2D eigenvalue weighted by Crippen LogP contribution is 2.23. The second kappa shape index (κ2) is 4.84. The van der Waals surface area contributed by atoms with Gasteiger partial charge in [-0.3, -0.25) is 0 Å². The Bertz CT molecular complexity index is 282. The number of nitrogens with one attached hydrogen (secondary N) is 1. The average molecular weight is 240 g/mol. The number of likely N-dealkylation sites (tertiary alicyclic amines) is 1. The molecule has 0 spiro atoms. The molecule has 1 heterocycles. The van der Waals surface area contributed by atoms with E-state index < -0.39 is 5.60 Å². The van der Waals surface area contributed by atoms with E-state index in [1.54, 1.807) is 0 Å². The fourth-order valence-corrected chi connectivity index (χ4v) is 2.20. The predicted molar refractivity (Wildman–Crippen MR) is 67.0 cm³/mol. The van der Waals surface area contributed by atoms with E-state index in [0.717, 1.165) is 25.9 Å². The first-order chi connectivity index (χ1) is 7.96. The minimum Gasteiger partial charge on any atom is -0.444 e. The fraction of sp³-hybridized carbons (Fsp3) is 0.923. The van der Waals surface area contributed by atoms with Crippen molar-refractivity contribution in [3.63, 3.8) is 0 Å². The van der Waals surface area contributed by atoms with Crippen LogP contribution in [0.3, 0.4) is 0 Å². The molecule has 0 bridgehead atoms. The minimum absolute atomic E-state index is 0.155. The number of carbonyl (C=O) groups is 1. The summed E-state index contributed by atoms with van der Waals surface area (Å²) in [5, 5.41) is 3.50. The number of nitrogens with zero attached hydrogens (tertiary/aromatic N) is 1. The molecule has 1 aliphatic heterocycles. The Morgan fingerprint density at radius 2 is 2.06 bits per heavy atom. The van der Waals surface area contributed by atoms with Crippen LogP contribution in [0.2, 0.25) is 0 Å². The number of ether oxygens (including phenoxy) is 1. The highest BCUT2D eigenvalue weighted by Gasteiger charge is 2.33. The molecular weight excluding hydrogens is 216 g/mol. The van der Waals surface area contributed by atoms with Gasteiger partial charge >= 0.3 is 6.09 Å². The van der Waals surface area contributed by atoms with Crippen molar-refractivity contribution in [1.29, 1.82) is 0 Å². The maximum atomic E-state index is 12.0. The van der Waals surface area contributed by atoms with Gasteiger partial charge in [-0.15, -0.1) is 0 Å². The number of hydrogen-bond acceptors (Lipinski definition) is 3. The first kappa shape index (κ1) is 12.7. The zero-order chi connectivity index (χ0) is 12.5. The molecule has 2 rings (SSSR count). The van der Waals surface area contributed by atoms with E-state index in [1.807, 2.05) is 25.7 Å². The molecule has 1 amide bonds. The molecule has 2 fully saturated rings. The van der Waals surface area contributed by atoms with Gasteiger partial charge in [-0.25, -0.2) is 4.79 Å². The van der Waals surface area contributed by atoms with Gasteiger partial charge in [0, 0.05) is 25.2 Å². The van der Waals surface area contributed by atoms with Crippen LogP contribution in [-0.2, 0) is 4.74 Å². The number of amides is 1. The van der Waals surface area contributed by atoms with Crippen molar-refractivity contribution in [3.8, 4) is 0 Å². The van der Waals surface area contributed by atoms with Crippen LogP contribution < -0.4 is 5.32 Å². The summed E-state index contributed by atoms with van der Waals surface area (Å²) in [6, 6.07) is 1.03. The summed E-state index contributed by atoms with van der Waals surface area (Å²) in [4.78, 5) is 13.9. The molecule has 0 aromatic carbocycles. The number of rotatable bonds is 3. The Balaban J connectivity index is 1.82. The Kier molecular flexibility index (Phi) is 3.61. The lowest BCUT2D eigenvalue weighted by atomic mass is 10.2. The maximum Gasteiger partial charge on any atom is 0.410 e. The minimum atomic E-state index is -0.395. The van der Waals surface area contributed by atoms with Crippen molar-refractivity contribution in [2.75, 3.05) is 13.1 Å². The molecule has 1 saturated heterocycles. The van der Waals surface area contributed by atoms with Gasteiger partial charge in [0.2, 0.25) is 0 Å². The van der Waals surface area contributed by atoms with Crippen molar-refractivity contribution in [2.45, 2.75) is 64.1 Å². The molecule has 0 radical (unpaired) electrons. The molecule has 1 atom stereocenters. The van der Waals surface area contributed by atoms with Gasteiger partial charge in [0.1, 0.15) is 5.60 Å². The third-order valence-corrected chi connectivity index (χ3v) is 3.22. The zero-order valence-electron chi connectivity index (χ0n) is 11.2. The van der Waals surface area contributed by atoms with Gasteiger partial charge in [-0.2, -0.15) is 0 Å². The van der Waals surface area contributed by atoms with Crippen molar-refractivity contribution in [1.82, 2.24) is 10.2 Å². The molecule has 17 heavy (non-hydrogen) atoms. The van der Waals surface area contributed by atoms with Gasteiger partial charge in [0.05, 0.1) is 0 Å². The lowest BCUT2D eigenvalue weighted by molar-refractivity contribution is 0.0226. The largest absolute Gasteiger partial charge is 0.444 e. The molecular formula is C13H24N2O2. The monoisotopic (exact) mass is 240 g/mol. The molecule has 0 aromatic heterocycles. The van der Waals surface area contributed by atoms with Gasteiger partial charge < -0.3 is 15.0 Å². The lowest BCUT2D eigenvalue weighted by Crippen LogP contribution is -2.44. The third-order valence-electron chi connectivity index (χ3n) is 3.22. The molecule has 0 unspecified atom stereocenters. The Hall–Kier alpha value is -0.770. The quantitative estimate of drug-likeness (QED) is 0.821. The molecule has 1 aliphatic carbocycles. The highest BCUT2D eigenvalue weighted by atomic mass is 16.6. The van der Waals surface area contributed by atoms with Crippen LogP contribution in [0, 0.1) is 0 Å². The predicted octanol–water partition coefficient (Wildman–Crippen LogP) is 2.14. The van der Waals surface area contributed by atoms with E-state index >= 15 is 0 Å². The summed E-state index contributed by atoms with van der Waals surface area (Å²) in [5.74, 6) is 0. The summed E-state index contributed by atoms with van der Waals surface area (Å²) >= 11 is 0.